The van der Waals surface area contributed by atoms with Crippen molar-refractivity contribution in [3.63, 3.8) is 0 Å². The van der Waals surface area contributed by atoms with Crippen LogP contribution in [0.2, 0.25) is 5.02 Å². The zero-order valence-corrected chi connectivity index (χ0v) is 17.6. The number of hydrogen-bond donors (Lipinski definition) is 2. The molecule has 3 N–H and O–H groups in total. The quantitative estimate of drug-likeness (QED) is 0.417. The van der Waals surface area contributed by atoms with Gasteiger partial charge in [-0.05, 0) is 54.8 Å². The number of fused-ring (bicyclic) bond motifs is 1. The molecule has 6 heteroatoms. The predicted molar refractivity (Wildman–Crippen MR) is 121 cm³/mol. The summed E-state index contributed by atoms with van der Waals surface area (Å²) in [7, 11) is 3.63. The molecule has 0 aliphatic carbocycles. The molecule has 1 heterocycles. The van der Waals surface area contributed by atoms with Crippen LogP contribution in [0.5, 0.6) is 5.75 Å². The molecule has 0 atom stereocenters. The molecular formula is C23H23ClN4O. The maximum atomic E-state index is 6.18. The van der Waals surface area contributed by atoms with E-state index in [4.69, 9.17) is 27.1 Å². The summed E-state index contributed by atoms with van der Waals surface area (Å²) in [5, 5.41) is 4.06. The minimum atomic E-state index is 0.634. The molecule has 0 unspecified atom stereocenters. The number of nitrogens with zero attached hydrogens (tertiary/aromatic N) is 2. The van der Waals surface area contributed by atoms with Crippen LogP contribution in [0.25, 0.3) is 22.2 Å². The Kier molecular flexibility index (Phi) is 4.84. The SMILES string of the molecule is COc1cc(Cl)cc(C)c1Nc1nc2cccc(-c3cc(N)ccc3C)c2n1C. The van der Waals surface area contributed by atoms with Gasteiger partial charge in [-0.15, -0.1) is 0 Å². The lowest BCUT2D eigenvalue weighted by Gasteiger charge is -2.15. The molecule has 4 aromatic rings. The van der Waals surface area contributed by atoms with E-state index < -0.39 is 0 Å². The van der Waals surface area contributed by atoms with Gasteiger partial charge in [0.15, 0.2) is 0 Å². The molecular weight excluding hydrogens is 384 g/mol. The molecule has 0 bridgehead atoms. The molecule has 148 valence electrons. The standard InChI is InChI=1S/C23H23ClN4O/c1-13-8-9-16(25)12-18(13)17-6-5-7-19-22(17)28(3)23(26-19)27-21-14(2)10-15(24)11-20(21)29-4/h5-12H,25H2,1-4H3,(H,26,27). The fourth-order valence-electron chi connectivity index (χ4n) is 3.67. The Morgan fingerprint density at radius 2 is 1.83 bits per heavy atom. The Labute approximate surface area is 175 Å². The monoisotopic (exact) mass is 406 g/mol. The first-order chi connectivity index (χ1) is 13.9. The number of nitrogens with one attached hydrogen (secondary N) is 1. The number of imidazole rings is 1. The van der Waals surface area contributed by atoms with E-state index >= 15 is 0 Å². The number of hydrogen-bond acceptors (Lipinski definition) is 4. The molecule has 5 nitrogen and oxygen atoms in total. The van der Waals surface area contributed by atoms with Gasteiger partial charge in [0.25, 0.3) is 0 Å². The van der Waals surface area contributed by atoms with Gasteiger partial charge in [0, 0.05) is 29.4 Å². The third-order valence-corrected chi connectivity index (χ3v) is 5.39. The predicted octanol–water partition coefficient (Wildman–Crippen LogP) is 5.84. The lowest BCUT2D eigenvalue weighted by molar-refractivity contribution is 0.416. The first-order valence-electron chi connectivity index (χ1n) is 9.32. The summed E-state index contributed by atoms with van der Waals surface area (Å²) in [6.07, 6.45) is 0. The number of methoxy groups -OCH3 is 1. The van der Waals surface area contributed by atoms with Gasteiger partial charge >= 0.3 is 0 Å². The smallest absolute Gasteiger partial charge is 0.208 e. The van der Waals surface area contributed by atoms with E-state index in [1.54, 1.807) is 13.2 Å². The Hall–Kier alpha value is -3.18. The van der Waals surface area contributed by atoms with Gasteiger partial charge in [0.05, 0.1) is 23.8 Å². The van der Waals surface area contributed by atoms with Crippen molar-refractivity contribution < 1.29 is 4.74 Å². The third kappa shape index (κ3) is 3.38. The van der Waals surface area contributed by atoms with Crippen molar-refractivity contribution in [2.24, 2.45) is 7.05 Å². The highest BCUT2D eigenvalue weighted by molar-refractivity contribution is 6.31. The zero-order chi connectivity index (χ0) is 20.7. The summed E-state index contributed by atoms with van der Waals surface area (Å²) in [6, 6.07) is 15.8. The van der Waals surface area contributed by atoms with Crippen LogP contribution in [-0.4, -0.2) is 16.7 Å². The molecule has 0 amide bonds. The van der Waals surface area contributed by atoms with Crippen molar-refractivity contribution in [3.05, 3.63) is 64.7 Å². The number of benzene rings is 3. The van der Waals surface area contributed by atoms with Gasteiger partial charge in [0.1, 0.15) is 5.75 Å². The van der Waals surface area contributed by atoms with E-state index in [0.717, 1.165) is 50.6 Å². The van der Waals surface area contributed by atoms with Gasteiger partial charge < -0.3 is 20.4 Å². The first-order valence-corrected chi connectivity index (χ1v) is 9.70. The molecule has 1 aromatic heterocycles. The van der Waals surface area contributed by atoms with Gasteiger partial charge in [-0.3, -0.25) is 0 Å². The summed E-state index contributed by atoms with van der Waals surface area (Å²) in [6.45, 7) is 4.08. The van der Waals surface area contributed by atoms with E-state index in [1.165, 1.54) is 0 Å². The molecule has 0 aliphatic heterocycles. The van der Waals surface area contributed by atoms with Crippen LogP contribution in [0, 0.1) is 13.8 Å². The second kappa shape index (κ2) is 7.33. The Balaban J connectivity index is 1.88. The Morgan fingerprint density at radius 3 is 2.59 bits per heavy atom. The molecule has 29 heavy (non-hydrogen) atoms. The van der Waals surface area contributed by atoms with Crippen LogP contribution in [-0.2, 0) is 7.05 Å². The molecule has 0 radical (unpaired) electrons. The number of aryl methyl sites for hydroxylation is 3. The summed E-state index contributed by atoms with van der Waals surface area (Å²) in [5.74, 6) is 1.40. The van der Waals surface area contributed by atoms with Gasteiger partial charge in [-0.25, -0.2) is 4.98 Å². The van der Waals surface area contributed by atoms with Crippen LogP contribution in [0.1, 0.15) is 11.1 Å². The molecule has 4 rings (SSSR count). The maximum Gasteiger partial charge on any atom is 0.208 e. The second-order valence-corrected chi connectivity index (χ2v) is 7.60. The lowest BCUT2D eigenvalue weighted by Crippen LogP contribution is -2.03. The summed E-state index contributed by atoms with van der Waals surface area (Å²) in [5.41, 5.74) is 13.9. The van der Waals surface area contributed by atoms with Crippen molar-refractivity contribution in [1.29, 1.82) is 0 Å². The molecule has 3 aromatic carbocycles. The number of rotatable bonds is 4. The number of nitrogen functional groups attached to an aromatic ring is 1. The van der Waals surface area contributed by atoms with E-state index in [0.29, 0.717) is 10.8 Å². The average Bonchev–Trinajstić information content (AvgIpc) is 3.01. The molecule has 0 spiro atoms. The maximum absolute atomic E-state index is 6.18. The highest BCUT2D eigenvalue weighted by atomic mass is 35.5. The van der Waals surface area contributed by atoms with Gasteiger partial charge in [-0.2, -0.15) is 0 Å². The molecule has 0 saturated carbocycles. The highest BCUT2D eigenvalue weighted by Crippen LogP contribution is 2.37. The number of para-hydroxylation sites is 1. The van der Waals surface area contributed by atoms with Crippen molar-refractivity contribution in [3.8, 4) is 16.9 Å². The van der Waals surface area contributed by atoms with Crippen molar-refractivity contribution in [2.45, 2.75) is 13.8 Å². The average molecular weight is 407 g/mol. The fraction of sp³-hybridized carbons (Fsp3) is 0.174. The van der Waals surface area contributed by atoms with E-state index in [9.17, 15) is 0 Å². The number of anilines is 3. The lowest BCUT2D eigenvalue weighted by atomic mass is 9.98. The van der Waals surface area contributed by atoms with Crippen LogP contribution in [0.3, 0.4) is 0 Å². The first kappa shape index (κ1) is 19.2. The van der Waals surface area contributed by atoms with Crippen LogP contribution >= 0.6 is 11.6 Å². The molecule has 0 fully saturated rings. The summed E-state index contributed by atoms with van der Waals surface area (Å²) < 4.78 is 7.57. The third-order valence-electron chi connectivity index (χ3n) is 5.17. The van der Waals surface area contributed by atoms with E-state index in [2.05, 4.69) is 22.9 Å². The van der Waals surface area contributed by atoms with E-state index in [1.807, 2.05) is 50.4 Å². The Bertz CT molecular complexity index is 1230. The summed E-state index contributed by atoms with van der Waals surface area (Å²) >= 11 is 6.18. The van der Waals surface area contributed by atoms with Crippen molar-refractivity contribution in [2.75, 3.05) is 18.2 Å². The van der Waals surface area contributed by atoms with Gasteiger partial charge in [0.2, 0.25) is 5.95 Å². The minimum Gasteiger partial charge on any atom is -0.495 e. The number of nitrogens with two attached hydrogens (primary N) is 1. The molecule has 0 aliphatic rings. The number of halogens is 1. The Morgan fingerprint density at radius 1 is 1.03 bits per heavy atom. The van der Waals surface area contributed by atoms with Crippen molar-refractivity contribution >= 4 is 40.0 Å². The van der Waals surface area contributed by atoms with E-state index in [-0.39, 0.29) is 0 Å². The van der Waals surface area contributed by atoms with Crippen molar-refractivity contribution in [1.82, 2.24) is 9.55 Å². The second-order valence-electron chi connectivity index (χ2n) is 7.17. The summed E-state index contributed by atoms with van der Waals surface area (Å²) in [4.78, 5) is 4.82. The van der Waals surface area contributed by atoms with Crippen LogP contribution in [0.15, 0.2) is 48.5 Å². The number of aromatic nitrogens is 2. The normalized spacial score (nSPS) is 11.1. The van der Waals surface area contributed by atoms with Gasteiger partial charge in [-0.1, -0.05) is 29.8 Å². The number of ether oxygens (including phenoxy) is 1. The largest absolute Gasteiger partial charge is 0.495 e. The highest BCUT2D eigenvalue weighted by Gasteiger charge is 2.17. The fourth-order valence-corrected chi connectivity index (χ4v) is 3.94. The zero-order valence-electron chi connectivity index (χ0n) is 16.9. The topological polar surface area (TPSA) is 65.1 Å². The van der Waals surface area contributed by atoms with Crippen LogP contribution < -0.4 is 15.8 Å². The van der Waals surface area contributed by atoms with Crippen LogP contribution in [0.4, 0.5) is 17.3 Å². The minimum absolute atomic E-state index is 0.634. The molecule has 0 saturated heterocycles.